The van der Waals surface area contributed by atoms with E-state index in [1.807, 2.05) is 13.0 Å². The topological polar surface area (TPSA) is 64.0 Å². The van der Waals surface area contributed by atoms with Crippen LogP contribution in [0.2, 0.25) is 0 Å². The summed E-state index contributed by atoms with van der Waals surface area (Å²) in [6.07, 6.45) is 3.37. The van der Waals surface area contributed by atoms with Crippen LogP contribution >= 0.6 is 0 Å². The smallest absolute Gasteiger partial charge is 0.261 e. The van der Waals surface area contributed by atoms with Gasteiger partial charge in [-0.05, 0) is 25.5 Å². The molecule has 1 atom stereocenters. The molecule has 106 valence electrons. The summed E-state index contributed by atoms with van der Waals surface area (Å²) in [6.45, 7) is 4.04. The third kappa shape index (κ3) is 3.23. The van der Waals surface area contributed by atoms with E-state index in [-0.39, 0.29) is 24.1 Å². The Morgan fingerprint density at radius 2 is 2.15 bits per heavy atom. The van der Waals surface area contributed by atoms with Crippen LogP contribution in [0.3, 0.4) is 0 Å². The summed E-state index contributed by atoms with van der Waals surface area (Å²) in [5.41, 5.74) is 0.461. The van der Waals surface area contributed by atoms with Gasteiger partial charge < -0.3 is 5.32 Å². The number of para-hydroxylation sites is 1. The van der Waals surface area contributed by atoms with E-state index in [0.29, 0.717) is 10.9 Å². The van der Waals surface area contributed by atoms with Crippen molar-refractivity contribution in [3.63, 3.8) is 0 Å². The lowest BCUT2D eigenvalue weighted by atomic mass is 10.2. The van der Waals surface area contributed by atoms with Crippen LogP contribution < -0.4 is 10.9 Å². The lowest BCUT2D eigenvalue weighted by Gasteiger charge is -2.13. The average Bonchev–Trinajstić information content (AvgIpc) is 2.42. The highest BCUT2D eigenvalue weighted by Crippen LogP contribution is 2.04. The minimum absolute atomic E-state index is 0.00468. The molecule has 0 aliphatic heterocycles. The van der Waals surface area contributed by atoms with Crippen LogP contribution in [-0.4, -0.2) is 21.5 Å². The van der Waals surface area contributed by atoms with Crippen molar-refractivity contribution in [2.75, 3.05) is 0 Å². The Hall–Kier alpha value is -2.17. The first-order valence-electron chi connectivity index (χ1n) is 6.85. The van der Waals surface area contributed by atoms with E-state index in [1.165, 1.54) is 10.9 Å². The predicted molar refractivity (Wildman–Crippen MR) is 78.5 cm³/mol. The largest absolute Gasteiger partial charge is 0.352 e. The molecule has 2 rings (SSSR count). The van der Waals surface area contributed by atoms with Crippen molar-refractivity contribution in [1.82, 2.24) is 14.9 Å². The first kappa shape index (κ1) is 14.2. The van der Waals surface area contributed by atoms with Crippen molar-refractivity contribution in [2.45, 2.75) is 39.3 Å². The molecule has 0 spiro atoms. The van der Waals surface area contributed by atoms with Gasteiger partial charge in [-0.15, -0.1) is 0 Å². The summed E-state index contributed by atoms with van der Waals surface area (Å²) in [5, 5.41) is 3.41. The molecule has 1 aromatic heterocycles. The van der Waals surface area contributed by atoms with Gasteiger partial charge in [0.25, 0.3) is 5.56 Å². The van der Waals surface area contributed by atoms with Crippen molar-refractivity contribution in [3.05, 3.63) is 40.9 Å². The highest BCUT2D eigenvalue weighted by atomic mass is 16.2. The van der Waals surface area contributed by atoms with Gasteiger partial charge in [-0.1, -0.05) is 25.5 Å². The molecule has 0 unspecified atom stereocenters. The zero-order valence-corrected chi connectivity index (χ0v) is 11.8. The summed E-state index contributed by atoms with van der Waals surface area (Å²) in [5.74, 6) is -0.162. The highest BCUT2D eigenvalue weighted by Gasteiger charge is 2.09. The fraction of sp³-hybridized carbons (Fsp3) is 0.400. The second-order valence-electron chi connectivity index (χ2n) is 4.95. The lowest BCUT2D eigenvalue weighted by Crippen LogP contribution is -2.37. The zero-order chi connectivity index (χ0) is 14.5. The number of hydrogen-bond donors (Lipinski definition) is 1. The first-order chi connectivity index (χ1) is 9.61. The van der Waals surface area contributed by atoms with Gasteiger partial charge in [0, 0.05) is 6.04 Å². The van der Waals surface area contributed by atoms with Gasteiger partial charge in [0.2, 0.25) is 5.91 Å². The van der Waals surface area contributed by atoms with Crippen LogP contribution in [-0.2, 0) is 11.3 Å². The molecule has 0 bridgehead atoms. The molecule has 2 aromatic rings. The summed E-state index contributed by atoms with van der Waals surface area (Å²) < 4.78 is 1.34. The Kier molecular flexibility index (Phi) is 4.50. The molecule has 5 heteroatoms. The van der Waals surface area contributed by atoms with Gasteiger partial charge in [0.05, 0.1) is 17.2 Å². The molecule has 1 heterocycles. The zero-order valence-electron chi connectivity index (χ0n) is 11.8. The van der Waals surface area contributed by atoms with Gasteiger partial charge in [-0.3, -0.25) is 14.2 Å². The monoisotopic (exact) mass is 273 g/mol. The first-order valence-corrected chi connectivity index (χ1v) is 6.85. The molecule has 5 nitrogen and oxygen atoms in total. The average molecular weight is 273 g/mol. The van der Waals surface area contributed by atoms with Crippen molar-refractivity contribution < 1.29 is 4.79 Å². The minimum atomic E-state index is -0.186. The highest BCUT2D eigenvalue weighted by molar-refractivity contribution is 5.78. The van der Waals surface area contributed by atoms with Crippen LogP contribution in [0.4, 0.5) is 0 Å². The molecule has 1 amide bonds. The van der Waals surface area contributed by atoms with Crippen LogP contribution in [0.25, 0.3) is 10.9 Å². The number of benzene rings is 1. The number of nitrogens with one attached hydrogen (secondary N) is 1. The van der Waals surface area contributed by atoms with Gasteiger partial charge in [-0.2, -0.15) is 0 Å². The molecule has 0 saturated heterocycles. The Bertz CT molecular complexity index is 663. The Morgan fingerprint density at radius 3 is 2.90 bits per heavy atom. The molecule has 0 radical (unpaired) electrons. The molecule has 0 fully saturated rings. The fourth-order valence-electron chi connectivity index (χ4n) is 2.20. The molecular formula is C15H19N3O2. The van der Waals surface area contributed by atoms with Crippen LogP contribution in [0.15, 0.2) is 35.4 Å². The van der Waals surface area contributed by atoms with Gasteiger partial charge in [0.15, 0.2) is 0 Å². The van der Waals surface area contributed by atoms with Crippen molar-refractivity contribution >= 4 is 16.8 Å². The third-order valence-electron chi connectivity index (χ3n) is 3.17. The molecule has 1 aromatic carbocycles. The summed E-state index contributed by atoms with van der Waals surface area (Å²) in [7, 11) is 0. The van der Waals surface area contributed by atoms with Crippen molar-refractivity contribution in [2.24, 2.45) is 0 Å². The van der Waals surface area contributed by atoms with Gasteiger partial charge in [-0.25, -0.2) is 4.98 Å². The van der Waals surface area contributed by atoms with E-state index < -0.39 is 0 Å². The van der Waals surface area contributed by atoms with Gasteiger partial charge in [0.1, 0.15) is 6.54 Å². The molecular weight excluding hydrogens is 254 g/mol. The maximum atomic E-state index is 12.2. The van der Waals surface area contributed by atoms with Crippen LogP contribution in [0.1, 0.15) is 26.7 Å². The molecule has 1 N–H and O–H groups in total. The Morgan fingerprint density at radius 1 is 1.40 bits per heavy atom. The SMILES string of the molecule is CCC[C@@H](C)NC(=O)Cn1cnc2ccccc2c1=O. The Labute approximate surface area is 117 Å². The maximum absolute atomic E-state index is 12.2. The standard InChI is InChI=1S/C15H19N3O2/c1-3-6-11(2)17-14(19)9-18-10-16-13-8-5-4-7-12(13)15(18)20/h4-5,7-8,10-11H,3,6,9H2,1-2H3,(H,17,19)/t11-/m1/s1. The quantitative estimate of drug-likeness (QED) is 0.901. The number of nitrogens with zero attached hydrogens (tertiary/aromatic N) is 2. The van der Waals surface area contributed by atoms with E-state index in [4.69, 9.17) is 0 Å². The van der Waals surface area contributed by atoms with E-state index in [1.54, 1.807) is 18.2 Å². The predicted octanol–water partition coefficient (Wildman–Crippen LogP) is 1.70. The maximum Gasteiger partial charge on any atom is 0.261 e. The van der Waals surface area contributed by atoms with Gasteiger partial charge >= 0.3 is 0 Å². The number of fused-ring (bicyclic) bond motifs is 1. The van der Waals surface area contributed by atoms with E-state index in [0.717, 1.165) is 12.8 Å². The number of amides is 1. The summed E-state index contributed by atoms with van der Waals surface area (Å²) >= 11 is 0. The second kappa shape index (κ2) is 6.32. The molecule has 0 saturated carbocycles. The second-order valence-corrected chi connectivity index (χ2v) is 4.95. The van der Waals surface area contributed by atoms with E-state index in [9.17, 15) is 9.59 Å². The number of hydrogen-bond acceptors (Lipinski definition) is 3. The van der Waals surface area contributed by atoms with Crippen LogP contribution in [0.5, 0.6) is 0 Å². The van der Waals surface area contributed by atoms with Crippen molar-refractivity contribution in [3.8, 4) is 0 Å². The number of carbonyl (C=O) groups excluding carboxylic acids is 1. The lowest BCUT2D eigenvalue weighted by molar-refractivity contribution is -0.122. The minimum Gasteiger partial charge on any atom is -0.352 e. The van der Waals surface area contributed by atoms with E-state index >= 15 is 0 Å². The third-order valence-corrected chi connectivity index (χ3v) is 3.17. The van der Waals surface area contributed by atoms with Crippen LogP contribution in [0, 0.1) is 0 Å². The normalized spacial score (nSPS) is 12.3. The van der Waals surface area contributed by atoms with Crippen molar-refractivity contribution in [1.29, 1.82) is 0 Å². The molecule has 0 aliphatic carbocycles. The number of carbonyl (C=O) groups is 1. The Balaban J connectivity index is 2.16. The van der Waals surface area contributed by atoms with E-state index in [2.05, 4.69) is 17.2 Å². The molecule has 20 heavy (non-hydrogen) atoms. The fourth-order valence-corrected chi connectivity index (χ4v) is 2.20. The number of aromatic nitrogens is 2. The number of rotatable bonds is 5. The molecule has 0 aliphatic rings. The summed E-state index contributed by atoms with van der Waals surface area (Å²) in [6, 6.07) is 7.25. The summed E-state index contributed by atoms with van der Waals surface area (Å²) in [4.78, 5) is 28.3.